The maximum absolute atomic E-state index is 14.0. The van der Waals surface area contributed by atoms with E-state index in [0.717, 1.165) is 4.57 Å². The lowest BCUT2D eigenvalue weighted by Gasteiger charge is -2.23. The van der Waals surface area contributed by atoms with Crippen LogP contribution in [-0.4, -0.2) is 64.4 Å². The predicted octanol–water partition coefficient (Wildman–Crippen LogP) is 2.94. The topological polar surface area (TPSA) is 119 Å². The number of fused-ring (bicyclic) bond motifs is 1. The Labute approximate surface area is 231 Å². The van der Waals surface area contributed by atoms with Crippen molar-refractivity contribution >= 4 is 27.5 Å². The molecule has 0 aliphatic heterocycles. The highest BCUT2D eigenvalue weighted by Gasteiger charge is 2.28. The molecule has 3 rings (SSSR count). The fraction of sp³-hybridized carbons (Fsp3) is 0.481. The Hall–Kier alpha value is -3.48. The van der Waals surface area contributed by atoms with Crippen molar-refractivity contribution in [1.29, 1.82) is 0 Å². The van der Waals surface area contributed by atoms with Crippen LogP contribution in [0.4, 0.5) is 0 Å². The molecule has 1 unspecified atom stereocenters. The highest BCUT2D eigenvalue weighted by atomic mass is 32.1. The Bertz CT molecular complexity index is 1460. The zero-order valence-electron chi connectivity index (χ0n) is 23.5. The monoisotopic (exact) mass is 559 g/mol. The van der Waals surface area contributed by atoms with E-state index in [0.29, 0.717) is 38.7 Å². The molecule has 1 N–H and O–H groups in total. The number of thiophene rings is 1. The second-order valence-electron chi connectivity index (χ2n) is 9.34. The van der Waals surface area contributed by atoms with Crippen LogP contribution < -0.4 is 16.6 Å². The summed E-state index contributed by atoms with van der Waals surface area (Å²) in [6.45, 7) is 13.3. The van der Waals surface area contributed by atoms with Crippen LogP contribution in [-0.2, 0) is 25.5 Å². The van der Waals surface area contributed by atoms with Crippen molar-refractivity contribution in [3.05, 3.63) is 68.8 Å². The number of amides is 1. The summed E-state index contributed by atoms with van der Waals surface area (Å²) >= 11 is 1.28. The van der Waals surface area contributed by atoms with E-state index in [-0.39, 0.29) is 19.2 Å². The van der Waals surface area contributed by atoms with Gasteiger partial charge in [-0.05, 0) is 40.7 Å². The quantitative estimate of drug-likeness (QED) is 0.194. The Morgan fingerprint density at radius 1 is 1.23 bits per heavy atom. The van der Waals surface area contributed by atoms with Crippen molar-refractivity contribution in [2.45, 2.75) is 59.4 Å². The zero-order chi connectivity index (χ0) is 28.9. The molecule has 0 radical (unpaired) electrons. The van der Waals surface area contributed by atoms with Crippen LogP contribution in [0.1, 0.15) is 39.3 Å². The first-order valence-electron chi connectivity index (χ1n) is 12.6. The third kappa shape index (κ3) is 6.23. The molecule has 2 atom stereocenters. The van der Waals surface area contributed by atoms with E-state index in [1.807, 2.05) is 20.8 Å². The van der Waals surface area contributed by atoms with Crippen LogP contribution in [0.3, 0.4) is 0 Å². The van der Waals surface area contributed by atoms with Crippen molar-refractivity contribution in [2.75, 3.05) is 27.4 Å². The third-order valence-electron chi connectivity index (χ3n) is 6.36. The van der Waals surface area contributed by atoms with Gasteiger partial charge in [0.25, 0.3) is 5.56 Å². The maximum Gasteiger partial charge on any atom is 0.332 e. The van der Waals surface area contributed by atoms with Gasteiger partial charge in [0, 0.05) is 36.7 Å². The van der Waals surface area contributed by atoms with E-state index in [4.69, 9.17) is 14.2 Å². The lowest BCUT2D eigenvalue weighted by molar-refractivity contribution is -0.124. The normalized spacial score (nSPS) is 13.8. The van der Waals surface area contributed by atoms with Crippen molar-refractivity contribution in [2.24, 2.45) is 0 Å². The molecule has 0 bridgehead atoms. The van der Waals surface area contributed by atoms with E-state index in [2.05, 4.69) is 17.0 Å². The number of ether oxygens (including phenoxy) is 3. The van der Waals surface area contributed by atoms with Crippen LogP contribution in [0.5, 0.6) is 0 Å². The molecule has 3 aromatic heterocycles. The molecule has 3 heterocycles. The first-order chi connectivity index (χ1) is 18.6. The average Bonchev–Trinajstić information content (AvgIpc) is 3.54. The largest absolute Gasteiger partial charge is 0.501 e. The van der Waals surface area contributed by atoms with Crippen LogP contribution in [0, 0.1) is 6.92 Å². The molecule has 0 spiro atoms. The van der Waals surface area contributed by atoms with Gasteiger partial charge in [-0.2, -0.15) is 5.10 Å². The molecule has 0 aromatic carbocycles. The number of rotatable bonds is 13. The molecule has 212 valence electrons. The molecule has 12 heteroatoms. The van der Waals surface area contributed by atoms with E-state index < -0.39 is 29.3 Å². The molecule has 39 heavy (non-hydrogen) atoms. The van der Waals surface area contributed by atoms with Crippen molar-refractivity contribution in [3.63, 3.8) is 0 Å². The number of hydrogen-bond acceptors (Lipinski definition) is 8. The second kappa shape index (κ2) is 13.0. The van der Waals surface area contributed by atoms with Crippen LogP contribution in [0.15, 0.2) is 52.0 Å². The van der Waals surface area contributed by atoms with Gasteiger partial charge in [0.1, 0.15) is 22.0 Å². The highest BCUT2D eigenvalue weighted by molar-refractivity contribution is 7.21. The SMILES string of the molecule is C=C/C(=C(\C)OC)[C@H](Cn1c(=O)n(C(C)C(=O)NC(C)C)c(=O)c2c(C)c(-n3cccn3)sc21)OCCOC. The number of carbonyl (C=O) groups excluding carboxylic acids is 1. The van der Waals surface area contributed by atoms with Crippen molar-refractivity contribution < 1.29 is 19.0 Å². The fourth-order valence-corrected chi connectivity index (χ4v) is 5.53. The van der Waals surface area contributed by atoms with Gasteiger partial charge in [-0.3, -0.25) is 14.2 Å². The summed E-state index contributed by atoms with van der Waals surface area (Å²) in [5.74, 6) is 0.152. The Balaban J connectivity index is 2.33. The second-order valence-corrected chi connectivity index (χ2v) is 10.3. The van der Waals surface area contributed by atoms with E-state index >= 15 is 0 Å². The Morgan fingerprint density at radius 2 is 1.95 bits per heavy atom. The van der Waals surface area contributed by atoms with Gasteiger partial charge in [-0.1, -0.05) is 24.0 Å². The van der Waals surface area contributed by atoms with E-state index in [1.165, 1.54) is 15.9 Å². The lowest BCUT2D eigenvalue weighted by atomic mass is 10.1. The van der Waals surface area contributed by atoms with E-state index in [9.17, 15) is 14.4 Å². The third-order valence-corrected chi connectivity index (χ3v) is 7.67. The number of hydrogen-bond donors (Lipinski definition) is 1. The van der Waals surface area contributed by atoms with Crippen LogP contribution >= 0.6 is 11.3 Å². The minimum absolute atomic E-state index is 0.0401. The Kier molecular flexibility index (Phi) is 10.1. The van der Waals surface area contributed by atoms with Crippen molar-refractivity contribution in [3.8, 4) is 5.00 Å². The molecule has 3 aromatic rings. The van der Waals surface area contributed by atoms with Gasteiger partial charge >= 0.3 is 5.69 Å². The lowest BCUT2D eigenvalue weighted by Crippen LogP contribution is -2.48. The predicted molar refractivity (Wildman–Crippen MR) is 152 cm³/mol. The van der Waals surface area contributed by atoms with Gasteiger partial charge in [0.15, 0.2) is 0 Å². The smallest absolute Gasteiger partial charge is 0.332 e. The van der Waals surface area contributed by atoms with Gasteiger partial charge in [0.05, 0.1) is 38.0 Å². The summed E-state index contributed by atoms with van der Waals surface area (Å²) in [6.07, 6.45) is 4.39. The number of allylic oxidation sites excluding steroid dienone is 1. The van der Waals surface area contributed by atoms with Gasteiger partial charge in [0.2, 0.25) is 5.91 Å². The number of aryl methyl sites for hydroxylation is 1. The van der Waals surface area contributed by atoms with Crippen LogP contribution in [0.25, 0.3) is 15.2 Å². The number of aromatic nitrogens is 4. The summed E-state index contributed by atoms with van der Waals surface area (Å²) in [6, 6.07) is 0.576. The summed E-state index contributed by atoms with van der Waals surface area (Å²) in [5.41, 5.74) is 0.157. The van der Waals surface area contributed by atoms with Gasteiger partial charge in [-0.15, -0.1) is 0 Å². The average molecular weight is 560 g/mol. The van der Waals surface area contributed by atoms with E-state index in [1.54, 1.807) is 57.3 Å². The standard InChI is InChI=1S/C27H37N5O6S/c1-9-20(19(6)37-8)21(38-14-13-36-7)15-30-26-22(17(4)25(39-26)31-12-10-11-28-31)24(34)32(27(30)35)18(5)23(33)29-16(2)3/h9-12,16,18,21H,1,13-15H2,2-8H3,(H,29,33)/b20-19-/t18?,21-/m0/s1. The molecule has 1 amide bonds. The molecule has 11 nitrogen and oxygen atoms in total. The fourth-order valence-electron chi connectivity index (χ4n) is 4.29. The molecule has 0 saturated heterocycles. The summed E-state index contributed by atoms with van der Waals surface area (Å²) < 4.78 is 20.9. The summed E-state index contributed by atoms with van der Waals surface area (Å²) in [7, 11) is 3.12. The molecule has 0 aliphatic carbocycles. The zero-order valence-corrected chi connectivity index (χ0v) is 24.3. The van der Waals surface area contributed by atoms with Gasteiger partial charge in [-0.25, -0.2) is 14.0 Å². The molecule has 0 aliphatic rings. The number of methoxy groups -OCH3 is 2. The minimum Gasteiger partial charge on any atom is -0.501 e. The highest BCUT2D eigenvalue weighted by Crippen LogP contribution is 2.31. The molecular weight excluding hydrogens is 522 g/mol. The number of carbonyl (C=O) groups is 1. The molecular formula is C27H37N5O6S. The Morgan fingerprint density at radius 3 is 2.51 bits per heavy atom. The minimum atomic E-state index is -1.04. The summed E-state index contributed by atoms with van der Waals surface area (Å²) in [5, 5.41) is 8.16. The first kappa shape index (κ1) is 30.1. The molecule has 0 saturated carbocycles. The first-order valence-corrected chi connectivity index (χ1v) is 13.4. The van der Waals surface area contributed by atoms with Crippen LogP contribution in [0.2, 0.25) is 0 Å². The number of nitrogens with zero attached hydrogens (tertiary/aromatic N) is 4. The van der Waals surface area contributed by atoms with Crippen molar-refractivity contribution in [1.82, 2.24) is 24.2 Å². The summed E-state index contributed by atoms with van der Waals surface area (Å²) in [4.78, 5) is 41.3. The van der Waals surface area contributed by atoms with Gasteiger partial charge < -0.3 is 19.5 Å². The number of nitrogens with one attached hydrogen (secondary N) is 1. The molecule has 0 fully saturated rings. The maximum atomic E-state index is 14.0.